The minimum absolute atomic E-state index is 0.104. The minimum atomic E-state index is -1.45. The molecule has 0 bridgehead atoms. The molecular weight excluding hydrogens is 386 g/mol. The van der Waals surface area contributed by atoms with Crippen molar-refractivity contribution in [3.05, 3.63) is 28.3 Å². The third kappa shape index (κ3) is 2.38. The Labute approximate surface area is 167 Å². The lowest BCUT2D eigenvalue weighted by Gasteiger charge is -2.30. The van der Waals surface area contributed by atoms with Crippen LogP contribution in [0.2, 0.25) is 5.02 Å². The largest absolute Gasteiger partial charge is 0.392 e. The number of ether oxygens (including phenoxy) is 1. The molecule has 3 heterocycles. The van der Waals surface area contributed by atoms with E-state index in [1.807, 2.05) is 6.92 Å². The summed E-state index contributed by atoms with van der Waals surface area (Å²) in [5.41, 5.74) is 0.434. The van der Waals surface area contributed by atoms with Crippen molar-refractivity contribution in [2.24, 2.45) is 11.8 Å². The Morgan fingerprint density at radius 2 is 2.04 bits per heavy atom. The summed E-state index contributed by atoms with van der Waals surface area (Å²) in [5, 5.41) is 16.7. The van der Waals surface area contributed by atoms with Gasteiger partial charge in [0, 0.05) is 29.4 Å². The van der Waals surface area contributed by atoms with Crippen LogP contribution in [0.4, 0.5) is 5.69 Å². The molecular formula is C19H22ClN3O5. The Kier molecular flexibility index (Phi) is 4.50. The number of nitrogens with zero attached hydrogens (tertiary/aromatic N) is 1. The van der Waals surface area contributed by atoms with Gasteiger partial charge in [-0.25, -0.2) is 0 Å². The SMILES string of the molecule is COCCN1C(=O)[C@@H]2[C@@H]([C@@H](C)O)N[C@]3(C(=O)Nc4c(C)cc(Cl)cc43)[C@@H]2C1=O. The van der Waals surface area contributed by atoms with Gasteiger partial charge >= 0.3 is 0 Å². The molecule has 2 saturated heterocycles. The quantitative estimate of drug-likeness (QED) is 0.623. The highest BCUT2D eigenvalue weighted by molar-refractivity contribution is 6.31. The average Bonchev–Trinajstić information content (AvgIpc) is 3.21. The first-order chi connectivity index (χ1) is 13.2. The van der Waals surface area contributed by atoms with E-state index in [-0.39, 0.29) is 13.2 Å². The highest BCUT2D eigenvalue weighted by Gasteiger charge is 2.71. The molecule has 3 aliphatic rings. The van der Waals surface area contributed by atoms with Crippen molar-refractivity contribution in [2.45, 2.75) is 31.5 Å². The van der Waals surface area contributed by atoms with Gasteiger partial charge in [0.05, 0.1) is 31.1 Å². The molecule has 0 saturated carbocycles. The van der Waals surface area contributed by atoms with Crippen molar-refractivity contribution >= 4 is 35.0 Å². The summed E-state index contributed by atoms with van der Waals surface area (Å²) >= 11 is 6.25. The average molecular weight is 408 g/mol. The summed E-state index contributed by atoms with van der Waals surface area (Å²) in [6.45, 7) is 3.66. The van der Waals surface area contributed by atoms with Crippen LogP contribution in [0.25, 0.3) is 0 Å². The molecule has 3 amide bonds. The van der Waals surface area contributed by atoms with Gasteiger partial charge in [0.15, 0.2) is 0 Å². The number of carbonyl (C=O) groups is 3. The number of imide groups is 1. The predicted molar refractivity (Wildman–Crippen MR) is 101 cm³/mol. The topological polar surface area (TPSA) is 108 Å². The van der Waals surface area contributed by atoms with E-state index in [4.69, 9.17) is 16.3 Å². The van der Waals surface area contributed by atoms with Crippen LogP contribution in [0.15, 0.2) is 12.1 Å². The van der Waals surface area contributed by atoms with Crippen LogP contribution in [0.3, 0.4) is 0 Å². The van der Waals surface area contributed by atoms with Gasteiger partial charge in [0.1, 0.15) is 5.54 Å². The summed E-state index contributed by atoms with van der Waals surface area (Å²) in [6.07, 6.45) is -0.942. The lowest BCUT2D eigenvalue weighted by molar-refractivity contribution is -0.143. The molecule has 8 nitrogen and oxygen atoms in total. The molecule has 0 radical (unpaired) electrons. The van der Waals surface area contributed by atoms with Crippen LogP contribution in [-0.4, -0.2) is 60.1 Å². The first-order valence-corrected chi connectivity index (χ1v) is 9.53. The van der Waals surface area contributed by atoms with Gasteiger partial charge in [-0.2, -0.15) is 0 Å². The maximum absolute atomic E-state index is 13.3. The van der Waals surface area contributed by atoms with E-state index < -0.39 is 47.2 Å². The number of benzene rings is 1. The smallest absolute Gasteiger partial charge is 0.250 e. The zero-order chi connectivity index (χ0) is 20.4. The number of likely N-dealkylation sites (tertiary alicyclic amines) is 1. The molecule has 5 atom stereocenters. The van der Waals surface area contributed by atoms with Gasteiger partial charge in [-0.05, 0) is 31.5 Å². The highest BCUT2D eigenvalue weighted by Crippen LogP contribution is 2.54. The van der Waals surface area contributed by atoms with Crippen LogP contribution in [0.1, 0.15) is 18.1 Å². The number of rotatable bonds is 4. The number of hydrogen-bond acceptors (Lipinski definition) is 6. The maximum atomic E-state index is 13.3. The van der Waals surface area contributed by atoms with E-state index in [1.165, 1.54) is 7.11 Å². The number of aliphatic hydroxyl groups excluding tert-OH is 1. The van der Waals surface area contributed by atoms with E-state index in [0.29, 0.717) is 16.3 Å². The molecule has 1 aromatic carbocycles. The molecule has 3 N–H and O–H groups in total. The number of carbonyl (C=O) groups excluding carboxylic acids is 3. The molecule has 3 aliphatic heterocycles. The van der Waals surface area contributed by atoms with Crippen molar-refractivity contribution in [3.8, 4) is 0 Å². The number of amides is 3. The van der Waals surface area contributed by atoms with Gasteiger partial charge < -0.3 is 15.2 Å². The molecule has 0 aromatic heterocycles. The lowest BCUT2D eigenvalue weighted by atomic mass is 9.76. The standard InChI is InChI=1S/C19H22ClN3O5/c1-8-6-10(20)7-11-14(8)21-18(27)19(11)13-12(15(22-19)9(2)24)16(25)23(17(13)26)4-5-28-3/h6-7,9,12-13,15,22,24H,4-5H2,1-3H3,(H,21,27)/t9-,12+,13+,15-,19+/m1/s1. The molecule has 0 unspecified atom stereocenters. The molecule has 28 heavy (non-hydrogen) atoms. The van der Waals surface area contributed by atoms with Crippen molar-refractivity contribution in [3.63, 3.8) is 0 Å². The molecule has 150 valence electrons. The molecule has 9 heteroatoms. The molecule has 4 rings (SSSR count). The Morgan fingerprint density at radius 1 is 1.32 bits per heavy atom. The summed E-state index contributed by atoms with van der Waals surface area (Å²) < 4.78 is 5.01. The fourth-order valence-electron chi connectivity index (χ4n) is 4.84. The van der Waals surface area contributed by atoms with E-state index in [2.05, 4.69) is 10.6 Å². The van der Waals surface area contributed by atoms with Gasteiger partial charge in [-0.1, -0.05) is 11.6 Å². The Balaban J connectivity index is 1.89. The number of aliphatic hydroxyl groups is 1. The zero-order valence-corrected chi connectivity index (χ0v) is 16.5. The van der Waals surface area contributed by atoms with Gasteiger partial charge in [-0.15, -0.1) is 0 Å². The third-order valence-electron chi connectivity index (χ3n) is 6.05. The zero-order valence-electron chi connectivity index (χ0n) is 15.8. The molecule has 1 aromatic rings. The number of nitrogens with one attached hydrogen (secondary N) is 2. The Hall–Kier alpha value is -2.00. The molecule has 1 spiro atoms. The second-order valence-corrected chi connectivity index (χ2v) is 8.08. The van der Waals surface area contributed by atoms with E-state index in [0.717, 1.165) is 10.5 Å². The van der Waals surface area contributed by atoms with Crippen LogP contribution < -0.4 is 10.6 Å². The van der Waals surface area contributed by atoms with Crippen molar-refractivity contribution in [1.29, 1.82) is 0 Å². The fraction of sp³-hybridized carbons (Fsp3) is 0.526. The number of aryl methyl sites for hydroxylation is 1. The van der Waals surface area contributed by atoms with Crippen LogP contribution in [0, 0.1) is 18.8 Å². The van der Waals surface area contributed by atoms with Crippen LogP contribution in [-0.2, 0) is 24.7 Å². The monoisotopic (exact) mass is 407 g/mol. The van der Waals surface area contributed by atoms with Crippen LogP contribution >= 0.6 is 11.6 Å². The number of hydrogen-bond donors (Lipinski definition) is 3. The molecule has 0 aliphatic carbocycles. The number of fused-ring (bicyclic) bond motifs is 4. The summed E-state index contributed by atoms with van der Waals surface area (Å²) in [6, 6.07) is 2.63. The van der Waals surface area contributed by atoms with Gasteiger partial charge in [0.25, 0.3) is 0 Å². The van der Waals surface area contributed by atoms with Crippen LogP contribution in [0.5, 0.6) is 0 Å². The summed E-state index contributed by atoms with van der Waals surface area (Å²) in [7, 11) is 1.49. The van der Waals surface area contributed by atoms with Crippen molar-refractivity contribution in [1.82, 2.24) is 10.2 Å². The Bertz CT molecular complexity index is 889. The summed E-state index contributed by atoms with van der Waals surface area (Å²) in [5.74, 6) is -3.07. The third-order valence-corrected chi connectivity index (χ3v) is 6.27. The number of methoxy groups -OCH3 is 1. The normalized spacial score (nSPS) is 32.1. The van der Waals surface area contributed by atoms with E-state index in [1.54, 1.807) is 19.1 Å². The van der Waals surface area contributed by atoms with Gasteiger partial charge in [0.2, 0.25) is 17.7 Å². The van der Waals surface area contributed by atoms with E-state index in [9.17, 15) is 19.5 Å². The number of anilines is 1. The van der Waals surface area contributed by atoms with Crippen molar-refractivity contribution < 1.29 is 24.2 Å². The first kappa shape index (κ1) is 19.3. The predicted octanol–water partition coefficient (Wildman–Crippen LogP) is 0.396. The van der Waals surface area contributed by atoms with E-state index >= 15 is 0 Å². The second kappa shape index (κ2) is 6.52. The lowest BCUT2D eigenvalue weighted by Crippen LogP contribution is -2.55. The van der Waals surface area contributed by atoms with Gasteiger partial charge in [-0.3, -0.25) is 24.6 Å². The Morgan fingerprint density at radius 3 is 2.68 bits per heavy atom. The first-order valence-electron chi connectivity index (χ1n) is 9.16. The summed E-state index contributed by atoms with van der Waals surface area (Å²) in [4.78, 5) is 40.7. The fourth-order valence-corrected chi connectivity index (χ4v) is 5.11. The molecule has 2 fully saturated rings. The number of halogens is 1. The minimum Gasteiger partial charge on any atom is -0.392 e. The highest BCUT2D eigenvalue weighted by atomic mass is 35.5. The second-order valence-electron chi connectivity index (χ2n) is 7.64. The maximum Gasteiger partial charge on any atom is 0.250 e. The van der Waals surface area contributed by atoms with Crippen molar-refractivity contribution in [2.75, 3.05) is 25.6 Å².